The largest absolute Gasteiger partial charge is 0.384 e. The van der Waals surface area contributed by atoms with Crippen molar-refractivity contribution in [2.45, 2.75) is 26.3 Å². The van der Waals surface area contributed by atoms with Gasteiger partial charge >= 0.3 is 0 Å². The van der Waals surface area contributed by atoms with E-state index < -0.39 is 0 Å². The van der Waals surface area contributed by atoms with Gasteiger partial charge in [0.1, 0.15) is 0 Å². The topological polar surface area (TPSA) is 52.7 Å². The molecule has 1 heterocycles. The minimum absolute atomic E-state index is 0.166. The molecule has 0 amide bonds. The molecule has 0 aliphatic carbocycles. The van der Waals surface area contributed by atoms with Gasteiger partial charge in [0, 0.05) is 36.1 Å². The Morgan fingerprint density at radius 1 is 1.16 bits per heavy atom. The van der Waals surface area contributed by atoms with E-state index in [1.807, 2.05) is 6.07 Å². The fourth-order valence-electron chi connectivity index (χ4n) is 1.86. The Hall–Kier alpha value is -1.81. The van der Waals surface area contributed by atoms with Gasteiger partial charge in [-0.15, -0.1) is 0 Å². The summed E-state index contributed by atoms with van der Waals surface area (Å²) in [5.74, 6) is 0. The quantitative estimate of drug-likeness (QED) is 0.723. The van der Waals surface area contributed by atoms with Crippen molar-refractivity contribution in [2.75, 3.05) is 18.4 Å². The van der Waals surface area contributed by atoms with Gasteiger partial charge in [0.05, 0.1) is 5.69 Å². The van der Waals surface area contributed by atoms with Crippen LogP contribution in [-0.2, 0) is 0 Å². The van der Waals surface area contributed by atoms with Gasteiger partial charge in [-0.3, -0.25) is 5.10 Å². The molecule has 2 aromatic rings. The van der Waals surface area contributed by atoms with Crippen molar-refractivity contribution in [3.8, 4) is 11.3 Å². The third kappa shape index (κ3) is 4.41. The third-order valence-electron chi connectivity index (χ3n) is 2.78. The molecule has 0 radical (unpaired) electrons. The fourth-order valence-corrected chi connectivity index (χ4v) is 1.86. The molecular formula is C15H22N4. The van der Waals surface area contributed by atoms with Crippen molar-refractivity contribution < 1.29 is 0 Å². The standard InChI is InChI=1S/C15H22N4/c1-15(2,3)17-10-9-16-13-6-4-5-12(11-13)14-7-8-18-19-14/h4-8,11,16-17H,9-10H2,1-3H3,(H,18,19). The van der Waals surface area contributed by atoms with E-state index in [1.165, 1.54) is 0 Å². The van der Waals surface area contributed by atoms with Crippen molar-refractivity contribution in [2.24, 2.45) is 0 Å². The summed E-state index contributed by atoms with van der Waals surface area (Å²) in [6, 6.07) is 10.3. The zero-order chi connectivity index (χ0) is 13.7. The Morgan fingerprint density at radius 2 is 2.00 bits per heavy atom. The Labute approximate surface area is 114 Å². The van der Waals surface area contributed by atoms with E-state index in [0.29, 0.717) is 0 Å². The first-order valence-corrected chi connectivity index (χ1v) is 6.63. The Morgan fingerprint density at radius 3 is 2.68 bits per heavy atom. The highest BCUT2D eigenvalue weighted by atomic mass is 15.1. The molecule has 2 rings (SSSR count). The monoisotopic (exact) mass is 258 g/mol. The molecule has 19 heavy (non-hydrogen) atoms. The number of anilines is 1. The number of aromatic nitrogens is 2. The minimum Gasteiger partial charge on any atom is -0.384 e. The average Bonchev–Trinajstić information content (AvgIpc) is 2.88. The second-order valence-corrected chi connectivity index (χ2v) is 5.65. The summed E-state index contributed by atoms with van der Waals surface area (Å²) < 4.78 is 0. The van der Waals surface area contributed by atoms with Gasteiger partial charge in [0.2, 0.25) is 0 Å². The van der Waals surface area contributed by atoms with E-state index in [-0.39, 0.29) is 5.54 Å². The Bertz CT molecular complexity index is 497. The summed E-state index contributed by atoms with van der Waals surface area (Å²) >= 11 is 0. The summed E-state index contributed by atoms with van der Waals surface area (Å²) in [6.07, 6.45) is 1.77. The molecule has 0 aliphatic heterocycles. The van der Waals surface area contributed by atoms with Crippen LogP contribution in [-0.4, -0.2) is 28.8 Å². The number of H-pyrrole nitrogens is 1. The lowest BCUT2D eigenvalue weighted by Gasteiger charge is -2.20. The van der Waals surface area contributed by atoms with E-state index in [2.05, 4.69) is 65.9 Å². The molecule has 0 fully saturated rings. The smallest absolute Gasteiger partial charge is 0.0650 e. The van der Waals surface area contributed by atoms with Gasteiger partial charge < -0.3 is 10.6 Å². The van der Waals surface area contributed by atoms with Crippen LogP contribution < -0.4 is 10.6 Å². The molecular weight excluding hydrogens is 236 g/mol. The first kappa shape index (κ1) is 13.6. The van der Waals surface area contributed by atoms with Crippen LogP contribution in [0.5, 0.6) is 0 Å². The minimum atomic E-state index is 0.166. The summed E-state index contributed by atoms with van der Waals surface area (Å²) in [7, 11) is 0. The van der Waals surface area contributed by atoms with Gasteiger partial charge in [0.25, 0.3) is 0 Å². The summed E-state index contributed by atoms with van der Waals surface area (Å²) in [6.45, 7) is 8.37. The number of benzene rings is 1. The van der Waals surface area contributed by atoms with E-state index in [9.17, 15) is 0 Å². The zero-order valence-corrected chi connectivity index (χ0v) is 11.8. The zero-order valence-electron chi connectivity index (χ0n) is 11.8. The average molecular weight is 258 g/mol. The highest BCUT2D eigenvalue weighted by Crippen LogP contribution is 2.19. The Kier molecular flexibility index (Phi) is 4.22. The fraction of sp³-hybridized carbons (Fsp3) is 0.400. The van der Waals surface area contributed by atoms with Gasteiger partial charge in [-0.1, -0.05) is 12.1 Å². The van der Waals surface area contributed by atoms with Crippen LogP contribution in [0.4, 0.5) is 5.69 Å². The van der Waals surface area contributed by atoms with Crippen LogP contribution in [0.2, 0.25) is 0 Å². The van der Waals surface area contributed by atoms with Crippen LogP contribution >= 0.6 is 0 Å². The highest BCUT2D eigenvalue weighted by Gasteiger charge is 2.07. The van der Waals surface area contributed by atoms with Crippen LogP contribution in [0.3, 0.4) is 0 Å². The van der Waals surface area contributed by atoms with Gasteiger partial charge in [-0.2, -0.15) is 5.10 Å². The number of rotatable bonds is 5. The maximum atomic E-state index is 3.98. The van der Waals surface area contributed by atoms with Gasteiger partial charge in [-0.25, -0.2) is 0 Å². The number of hydrogen-bond donors (Lipinski definition) is 3. The van der Waals surface area contributed by atoms with E-state index in [0.717, 1.165) is 30.0 Å². The second kappa shape index (κ2) is 5.89. The lowest BCUT2D eigenvalue weighted by molar-refractivity contribution is 0.435. The molecule has 0 unspecified atom stereocenters. The van der Waals surface area contributed by atoms with Crippen LogP contribution in [0.15, 0.2) is 36.5 Å². The van der Waals surface area contributed by atoms with E-state index in [1.54, 1.807) is 6.20 Å². The molecule has 0 atom stereocenters. The van der Waals surface area contributed by atoms with E-state index >= 15 is 0 Å². The molecule has 1 aromatic carbocycles. The maximum absolute atomic E-state index is 3.98. The summed E-state index contributed by atoms with van der Waals surface area (Å²) in [5.41, 5.74) is 3.48. The van der Waals surface area contributed by atoms with Crippen molar-refractivity contribution in [3.05, 3.63) is 36.5 Å². The predicted octanol–water partition coefficient (Wildman–Crippen LogP) is 2.88. The molecule has 1 aromatic heterocycles. The molecule has 3 N–H and O–H groups in total. The second-order valence-electron chi connectivity index (χ2n) is 5.65. The van der Waals surface area contributed by atoms with Crippen molar-refractivity contribution in [3.63, 3.8) is 0 Å². The van der Waals surface area contributed by atoms with Crippen LogP contribution in [0.1, 0.15) is 20.8 Å². The number of hydrogen-bond acceptors (Lipinski definition) is 3. The number of nitrogens with zero attached hydrogens (tertiary/aromatic N) is 1. The highest BCUT2D eigenvalue weighted by molar-refractivity contribution is 5.64. The molecule has 0 saturated carbocycles. The summed E-state index contributed by atoms with van der Waals surface area (Å²) in [4.78, 5) is 0. The number of aromatic amines is 1. The lowest BCUT2D eigenvalue weighted by atomic mass is 10.1. The first-order valence-electron chi connectivity index (χ1n) is 6.63. The molecule has 0 saturated heterocycles. The van der Waals surface area contributed by atoms with Gasteiger partial charge in [0.15, 0.2) is 0 Å². The maximum Gasteiger partial charge on any atom is 0.0650 e. The van der Waals surface area contributed by atoms with Crippen LogP contribution in [0.25, 0.3) is 11.3 Å². The Balaban J connectivity index is 1.89. The molecule has 0 spiro atoms. The normalized spacial score (nSPS) is 11.5. The van der Waals surface area contributed by atoms with Crippen molar-refractivity contribution >= 4 is 5.69 Å². The lowest BCUT2D eigenvalue weighted by Crippen LogP contribution is -2.38. The first-order chi connectivity index (χ1) is 9.04. The molecule has 102 valence electrons. The number of nitrogens with one attached hydrogen (secondary N) is 3. The predicted molar refractivity (Wildman–Crippen MR) is 80.3 cm³/mol. The SMILES string of the molecule is CC(C)(C)NCCNc1cccc(-c2ccn[nH]2)c1. The van der Waals surface area contributed by atoms with Crippen molar-refractivity contribution in [1.82, 2.24) is 15.5 Å². The van der Waals surface area contributed by atoms with Crippen LogP contribution in [0, 0.1) is 0 Å². The van der Waals surface area contributed by atoms with Crippen molar-refractivity contribution in [1.29, 1.82) is 0 Å². The summed E-state index contributed by atoms with van der Waals surface area (Å²) in [5, 5.41) is 13.8. The third-order valence-corrected chi connectivity index (χ3v) is 2.78. The molecule has 4 heteroatoms. The van der Waals surface area contributed by atoms with E-state index in [4.69, 9.17) is 0 Å². The molecule has 0 aliphatic rings. The molecule has 4 nitrogen and oxygen atoms in total. The van der Waals surface area contributed by atoms with Gasteiger partial charge in [-0.05, 0) is 39.0 Å². The molecule has 0 bridgehead atoms.